The van der Waals surface area contributed by atoms with E-state index >= 15 is 0 Å². The van der Waals surface area contributed by atoms with Crippen LogP contribution in [-0.4, -0.2) is 17.2 Å². The first-order valence-corrected chi connectivity index (χ1v) is 6.32. The Balaban J connectivity index is 2.99. The number of hydrogen-bond acceptors (Lipinski definition) is 2. The van der Waals surface area contributed by atoms with Crippen molar-refractivity contribution in [1.29, 1.82) is 0 Å². The van der Waals surface area contributed by atoms with Crippen molar-refractivity contribution < 1.29 is 14.6 Å². The van der Waals surface area contributed by atoms with E-state index in [0.717, 1.165) is 11.1 Å². The quantitative estimate of drug-likeness (QED) is 0.868. The van der Waals surface area contributed by atoms with Gasteiger partial charge in [-0.25, -0.2) is 4.79 Å². The Kier molecular flexibility index (Phi) is 4.76. The average molecular weight is 250 g/mol. The van der Waals surface area contributed by atoms with Crippen molar-refractivity contribution in [2.75, 3.05) is 0 Å². The maximum Gasteiger partial charge on any atom is 0.345 e. The fourth-order valence-electron chi connectivity index (χ4n) is 1.80. The van der Waals surface area contributed by atoms with Crippen LogP contribution in [-0.2, 0) is 4.79 Å². The highest BCUT2D eigenvalue weighted by Crippen LogP contribution is 2.24. The van der Waals surface area contributed by atoms with Gasteiger partial charge in [-0.15, -0.1) is 0 Å². The average Bonchev–Trinajstić information content (AvgIpc) is 2.24. The van der Waals surface area contributed by atoms with E-state index in [2.05, 4.69) is 19.9 Å². The fraction of sp³-hybridized carbons (Fsp3) is 0.533. The summed E-state index contributed by atoms with van der Waals surface area (Å²) in [5.74, 6) is 0.0532. The third-order valence-electron chi connectivity index (χ3n) is 2.85. The van der Waals surface area contributed by atoms with Gasteiger partial charge in [-0.3, -0.25) is 0 Å². The van der Waals surface area contributed by atoms with Crippen molar-refractivity contribution >= 4 is 5.97 Å². The molecule has 0 bridgehead atoms. The first kappa shape index (κ1) is 14.6. The van der Waals surface area contributed by atoms with Crippen LogP contribution in [0.25, 0.3) is 0 Å². The van der Waals surface area contributed by atoms with Crippen molar-refractivity contribution in [2.24, 2.45) is 5.92 Å². The fourth-order valence-corrected chi connectivity index (χ4v) is 1.80. The SMILES string of the molecule is Cc1cc(OC(C(=O)O)C(C)C)cc(C(C)C)c1. The second-order valence-electron chi connectivity index (χ2n) is 5.35. The molecule has 100 valence electrons. The highest BCUT2D eigenvalue weighted by molar-refractivity contribution is 5.73. The van der Waals surface area contributed by atoms with E-state index in [4.69, 9.17) is 9.84 Å². The molecule has 0 amide bonds. The Labute approximate surface area is 109 Å². The Bertz CT molecular complexity index is 422. The van der Waals surface area contributed by atoms with Crippen LogP contribution >= 0.6 is 0 Å². The van der Waals surface area contributed by atoms with E-state index in [9.17, 15) is 4.79 Å². The molecule has 0 spiro atoms. The third kappa shape index (κ3) is 3.76. The number of hydrogen-bond donors (Lipinski definition) is 1. The highest BCUT2D eigenvalue weighted by atomic mass is 16.5. The normalized spacial score (nSPS) is 12.8. The van der Waals surface area contributed by atoms with Gasteiger partial charge in [0.2, 0.25) is 0 Å². The largest absolute Gasteiger partial charge is 0.478 e. The summed E-state index contributed by atoms with van der Waals surface area (Å²) < 4.78 is 5.61. The summed E-state index contributed by atoms with van der Waals surface area (Å²) in [5, 5.41) is 9.13. The van der Waals surface area contributed by atoms with E-state index in [-0.39, 0.29) is 5.92 Å². The lowest BCUT2D eigenvalue weighted by Gasteiger charge is -2.19. The van der Waals surface area contributed by atoms with E-state index in [1.54, 1.807) is 0 Å². The molecule has 0 aliphatic rings. The van der Waals surface area contributed by atoms with Crippen LogP contribution < -0.4 is 4.74 Å². The van der Waals surface area contributed by atoms with Crippen molar-refractivity contribution in [2.45, 2.75) is 46.6 Å². The lowest BCUT2D eigenvalue weighted by molar-refractivity contribution is -0.147. The van der Waals surface area contributed by atoms with E-state index in [1.165, 1.54) is 0 Å². The molecule has 18 heavy (non-hydrogen) atoms. The number of carboxylic acids is 1. The minimum atomic E-state index is -0.919. The monoisotopic (exact) mass is 250 g/mol. The van der Waals surface area contributed by atoms with Crippen molar-refractivity contribution in [1.82, 2.24) is 0 Å². The van der Waals surface area contributed by atoms with Gasteiger partial charge in [0.05, 0.1) is 0 Å². The number of benzene rings is 1. The van der Waals surface area contributed by atoms with Crippen molar-refractivity contribution in [3.63, 3.8) is 0 Å². The molecule has 3 nitrogen and oxygen atoms in total. The molecule has 1 aromatic carbocycles. The number of aryl methyl sites for hydroxylation is 1. The number of carbonyl (C=O) groups is 1. The molecule has 1 rings (SSSR count). The molecule has 0 aliphatic heterocycles. The van der Waals surface area contributed by atoms with Gasteiger partial charge in [0.1, 0.15) is 5.75 Å². The lowest BCUT2D eigenvalue weighted by atomic mass is 10.0. The van der Waals surface area contributed by atoms with Crippen LogP contribution in [0, 0.1) is 12.8 Å². The Morgan fingerprint density at radius 3 is 2.22 bits per heavy atom. The number of rotatable bonds is 5. The standard InChI is InChI=1S/C15H22O3/c1-9(2)12-6-11(5)7-13(8-12)18-14(10(3)4)15(16)17/h6-10,14H,1-5H3,(H,16,17). The summed E-state index contributed by atoms with van der Waals surface area (Å²) in [6, 6.07) is 5.91. The Hall–Kier alpha value is -1.51. The van der Waals surface area contributed by atoms with E-state index in [1.807, 2.05) is 32.9 Å². The summed E-state index contributed by atoms with van der Waals surface area (Å²) in [6.07, 6.45) is -0.799. The summed E-state index contributed by atoms with van der Waals surface area (Å²) in [6.45, 7) is 9.89. The molecule has 0 radical (unpaired) electrons. The highest BCUT2D eigenvalue weighted by Gasteiger charge is 2.23. The minimum absolute atomic E-state index is 0.0643. The number of aliphatic carboxylic acids is 1. The zero-order valence-electron chi connectivity index (χ0n) is 11.7. The van der Waals surface area contributed by atoms with Crippen molar-refractivity contribution in [3.05, 3.63) is 29.3 Å². The first-order valence-electron chi connectivity index (χ1n) is 6.32. The van der Waals surface area contributed by atoms with Crippen LogP contribution in [0.2, 0.25) is 0 Å². The van der Waals surface area contributed by atoms with E-state index < -0.39 is 12.1 Å². The molecule has 0 saturated heterocycles. The maximum atomic E-state index is 11.1. The molecule has 0 saturated carbocycles. The molecular formula is C15H22O3. The third-order valence-corrected chi connectivity index (χ3v) is 2.85. The molecule has 1 N–H and O–H groups in total. The predicted molar refractivity (Wildman–Crippen MR) is 72.2 cm³/mol. The lowest BCUT2D eigenvalue weighted by Crippen LogP contribution is -2.32. The van der Waals surface area contributed by atoms with Gasteiger partial charge in [0, 0.05) is 5.92 Å². The Morgan fingerprint density at radius 2 is 1.78 bits per heavy atom. The van der Waals surface area contributed by atoms with Gasteiger partial charge < -0.3 is 9.84 Å². The van der Waals surface area contributed by atoms with Crippen LogP contribution in [0.5, 0.6) is 5.75 Å². The van der Waals surface area contributed by atoms with Crippen LogP contribution in [0.3, 0.4) is 0 Å². The Morgan fingerprint density at radius 1 is 1.17 bits per heavy atom. The molecule has 0 aromatic heterocycles. The van der Waals surface area contributed by atoms with Gasteiger partial charge in [-0.1, -0.05) is 33.8 Å². The van der Waals surface area contributed by atoms with Crippen molar-refractivity contribution in [3.8, 4) is 5.75 Å². The van der Waals surface area contributed by atoms with Crippen LogP contribution in [0.1, 0.15) is 44.7 Å². The molecule has 1 atom stereocenters. The summed E-state index contributed by atoms with van der Waals surface area (Å²) in [5.41, 5.74) is 2.25. The summed E-state index contributed by atoms with van der Waals surface area (Å²) in [7, 11) is 0. The second kappa shape index (κ2) is 5.89. The predicted octanol–water partition coefficient (Wildman–Crippen LogP) is 3.61. The topological polar surface area (TPSA) is 46.5 Å². The summed E-state index contributed by atoms with van der Waals surface area (Å²) in [4.78, 5) is 11.1. The van der Waals surface area contributed by atoms with Crippen LogP contribution in [0.15, 0.2) is 18.2 Å². The maximum absolute atomic E-state index is 11.1. The molecular weight excluding hydrogens is 228 g/mol. The minimum Gasteiger partial charge on any atom is -0.478 e. The molecule has 0 heterocycles. The first-order chi connectivity index (χ1) is 8.31. The summed E-state index contributed by atoms with van der Waals surface area (Å²) >= 11 is 0. The number of ether oxygens (including phenoxy) is 1. The molecule has 3 heteroatoms. The molecule has 1 unspecified atom stereocenters. The van der Waals surface area contributed by atoms with Crippen LogP contribution in [0.4, 0.5) is 0 Å². The van der Waals surface area contributed by atoms with Gasteiger partial charge in [0.15, 0.2) is 6.10 Å². The van der Waals surface area contributed by atoms with E-state index in [0.29, 0.717) is 11.7 Å². The number of carboxylic acid groups (broad SMARTS) is 1. The smallest absolute Gasteiger partial charge is 0.345 e. The zero-order chi connectivity index (χ0) is 13.9. The molecule has 1 aromatic rings. The molecule has 0 aliphatic carbocycles. The second-order valence-corrected chi connectivity index (χ2v) is 5.35. The molecule has 0 fully saturated rings. The van der Waals surface area contributed by atoms with Gasteiger partial charge >= 0.3 is 5.97 Å². The zero-order valence-corrected chi connectivity index (χ0v) is 11.7. The van der Waals surface area contributed by atoms with Gasteiger partial charge in [0.25, 0.3) is 0 Å². The van der Waals surface area contributed by atoms with Gasteiger partial charge in [-0.05, 0) is 36.1 Å². The van der Waals surface area contributed by atoms with Gasteiger partial charge in [-0.2, -0.15) is 0 Å².